The predicted molar refractivity (Wildman–Crippen MR) is 113 cm³/mol. The van der Waals surface area contributed by atoms with Crippen LogP contribution in [0.2, 0.25) is 5.02 Å². The number of hydrogen-bond donors (Lipinski definition) is 2. The van der Waals surface area contributed by atoms with Gasteiger partial charge in [0.1, 0.15) is 18.1 Å². The van der Waals surface area contributed by atoms with E-state index in [1.807, 2.05) is 24.3 Å². The maximum atomic E-state index is 12.2. The molecule has 0 aliphatic heterocycles. The Bertz CT molecular complexity index is 990. The third-order valence-corrected chi connectivity index (χ3v) is 4.54. The number of carbonyl (C=O) groups is 1. The van der Waals surface area contributed by atoms with E-state index in [0.717, 1.165) is 10.0 Å². The fourth-order valence-corrected chi connectivity index (χ4v) is 2.81. The second-order valence-corrected chi connectivity index (χ2v) is 7.19. The quantitative estimate of drug-likeness (QED) is 0.395. The molecule has 0 atom stereocenters. The Labute approximate surface area is 175 Å². The number of phenolic OH excluding ortho intramolecular Hbond substituents is 1. The van der Waals surface area contributed by atoms with Crippen LogP contribution < -0.4 is 10.2 Å². The lowest BCUT2D eigenvalue weighted by molar-refractivity contribution is 0.0955. The number of aromatic hydroxyl groups is 1. The topological polar surface area (TPSA) is 70.9 Å². The van der Waals surface area contributed by atoms with Gasteiger partial charge in [0.25, 0.3) is 5.91 Å². The van der Waals surface area contributed by atoms with E-state index in [2.05, 4.69) is 26.5 Å². The molecule has 0 aliphatic carbocycles. The van der Waals surface area contributed by atoms with Crippen molar-refractivity contribution in [1.29, 1.82) is 0 Å². The molecule has 3 aromatic rings. The Morgan fingerprint density at radius 2 is 1.82 bits per heavy atom. The fraction of sp³-hybridized carbons (Fsp3) is 0.0476. The molecule has 5 nitrogen and oxygen atoms in total. The molecule has 3 aromatic carbocycles. The van der Waals surface area contributed by atoms with E-state index in [1.54, 1.807) is 36.4 Å². The number of hydrogen-bond acceptors (Lipinski definition) is 4. The van der Waals surface area contributed by atoms with E-state index in [0.29, 0.717) is 28.5 Å². The zero-order valence-corrected chi connectivity index (χ0v) is 16.9. The van der Waals surface area contributed by atoms with Gasteiger partial charge in [-0.1, -0.05) is 39.7 Å². The number of hydrazone groups is 1. The van der Waals surface area contributed by atoms with Crippen LogP contribution in [0.5, 0.6) is 11.5 Å². The molecule has 28 heavy (non-hydrogen) atoms. The minimum atomic E-state index is -0.366. The number of phenols is 1. The van der Waals surface area contributed by atoms with Crippen LogP contribution in [0, 0.1) is 0 Å². The monoisotopic (exact) mass is 458 g/mol. The number of halogens is 2. The molecular formula is C21H16BrClN2O3. The van der Waals surface area contributed by atoms with Crippen molar-refractivity contribution in [3.63, 3.8) is 0 Å². The van der Waals surface area contributed by atoms with Gasteiger partial charge in [-0.2, -0.15) is 5.10 Å². The number of amides is 1. The van der Waals surface area contributed by atoms with Crippen molar-refractivity contribution in [2.75, 3.05) is 0 Å². The Kier molecular flexibility index (Phi) is 6.68. The van der Waals surface area contributed by atoms with E-state index in [9.17, 15) is 9.90 Å². The highest BCUT2D eigenvalue weighted by Crippen LogP contribution is 2.20. The van der Waals surface area contributed by atoms with Gasteiger partial charge in [0.15, 0.2) is 0 Å². The van der Waals surface area contributed by atoms with Gasteiger partial charge in [0.2, 0.25) is 0 Å². The summed E-state index contributed by atoms with van der Waals surface area (Å²) in [6, 6.07) is 19.1. The zero-order chi connectivity index (χ0) is 19.9. The molecule has 0 aromatic heterocycles. The Hall–Kier alpha value is -2.83. The van der Waals surface area contributed by atoms with E-state index < -0.39 is 0 Å². The first-order valence-corrected chi connectivity index (χ1v) is 9.47. The summed E-state index contributed by atoms with van der Waals surface area (Å²) in [5, 5.41) is 14.3. The van der Waals surface area contributed by atoms with Crippen LogP contribution in [0.4, 0.5) is 0 Å². The number of nitrogens with one attached hydrogen (secondary N) is 1. The Morgan fingerprint density at radius 1 is 1.11 bits per heavy atom. The summed E-state index contributed by atoms with van der Waals surface area (Å²) < 4.78 is 6.49. The standard InChI is InChI=1S/C21H16BrClN2O3/c22-17-5-10-20(26)16(11-17)12-24-25-21(27)15-3-8-19(9-4-15)28-13-14-1-6-18(23)7-2-14/h1-12,26H,13H2,(H,25,27). The molecule has 0 unspecified atom stereocenters. The molecule has 0 radical (unpaired) electrons. The molecule has 7 heteroatoms. The van der Waals surface area contributed by atoms with Gasteiger partial charge in [-0.05, 0) is 60.2 Å². The Balaban J connectivity index is 1.55. The first kappa shape index (κ1) is 19.9. The van der Waals surface area contributed by atoms with Crippen LogP contribution in [0.15, 0.2) is 76.3 Å². The first-order valence-electron chi connectivity index (χ1n) is 8.30. The van der Waals surface area contributed by atoms with Crippen molar-refractivity contribution < 1.29 is 14.6 Å². The lowest BCUT2D eigenvalue weighted by atomic mass is 10.2. The highest BCUT2D eigenvalue weighted by Gasteiger charge is 2.05. The third kappa shape index (κ3) is 5.58. The fourth-order valence-electron chi connectivity index (χ4n) is 2.30. The summed E-state index contributed by atoms with van der Waals surface area (Å²) in [4.78, 5) is 12.2. The van der Waals surface area contributed by atoms with E-state index in [-0.39, 0.29) is 11.7 Å². The molecular weight excluding hydrogens is 444 g/mol. The zero-order valence-electron chi connectivity index (χ0n) is 14.6. The molecule has 0 fully saturated rings. The minimum absolute atomic E-state index is 0.0726. The van der Waals surface area contributed by atoms with Crippen LogP contribution >= 0.6 is 27.5 Å². The largest absolute Gasteiger partial charge is 0.507 e. The van der Waals surface area contributed by atoms with Crippen molar-refractivity contribution in [3.05, 3.63) is 92.9 Å². The third-order valence-electron chi connectivity index (χ3n) is 3.79. The summed E-state index contributed by atoms with van der Waals surface area (Å²) in [7, 11) is 0. The van der Waals surface area contributed by atoms with Crippen molar-refractivity contribution >= 4 is 39.7 Å². The maximum absolute atomic E-state index is 12.2. The van der Waals surface area contributed by atoms with Gasteiger partial charge < -0.3 is 9.84 Å². The smallest absolute Gasteiger partial charge is 0.271 e. The van der Waals surface area contributed by atoms with Crippen LogP contribution in [0.25, 0.3) is 0 Å². The van der Waals surface area contributed by atoms with Crippen LogP contribution in [-0.4, -0.2) is 17.2 Å². The second-order valence-electron chi connectivity index (χ2n) is 5.84. The van der Waals surface area contributed by atoms with E-state index in [1.165, 1.54) is 12.3 Å². The van der Waals surface area contributed by atoms with Gasteiger partial charge >= 0.3 is 0 Å². The molecule has 2 N–H and O–H groups in total. The SMILES string of the molecule is O=C(NN=Cc1cc(Br)ccc1O)c1ccc(OCc2ccc(Cl)cc2)cc1. The summed E-state index contributed by atoms with van der Waals surface area (Å²) in [5.41, 5.74) is 4.35. The number of nitrogens with zero attached hydrogens (tertiary/aromatic N) is 1. The number of rotatable bonds is 6. The number of carbonyl (C=O) groups excluding carboxylic acids is 1. The molecule has 0 aliphatic rings. The second kappa shape index (κ2) is 9.39. The molecule has 0 bridgehead atoms. The molecule has 0 saturated carbocycles. The molecule has 1 amide bonds. The van der Waals surface area contributed by atoms with Crippen LogP contribution in [0.1, 0.15) is 21.5 Å². The molecule has 3 rings (SSSR count). The van der Waals surface area contributed by atoms with Crippen molar-refractivity contribution in [3.8, 4) is 11.5 Å². The molecule has 0 saturated heterocycles. The predicted octanol–water partition coefficient (Wildman–Crippen LogP) is 5.15. The summed E-state index contributed by atoms with van der Waals surface area (Å²) in [5.74, 6) is 0.354. The minimum Gasteiger partial charge on any atom is -0.507 e. The van der Waals surface area contributed by atoms with Gasteiger partial charge in [-0.25, -0.2) is 5.43 Å². The van der Waals surface area contributed by atoms with Gasteiger partial charge in [-0.3, -0.25) is 4.79 Å². The molecule has 142 valence electrons. The number of ether oxygens (including phenoxy) is 1. The Morgan fingerprint density at radius 3 is 2.54 bits per heavy atom. The summed E-state index contributed by atoms with van der Waals surface area (Å²) in [6.45, 7) is 0.406. The van der Waals surface area contributed by atoms with Crippen LogP contribution in [0.3, 0.4) is 0 Å². The van der Waals surface area contributed by atoms with Crippen molar-refractivity contribution in [2.24, 2.45) is 5.10 Å². The molecule has 0 heterocycles. The summed E-state index contributed by atoms with van der Waals surface area (Å²) >= 11 is 9.17. The van der Waals surface area contributed by atoms with E-state index in [4.69, 9.17) is 16.3 Å². The van der Waals surface area contributed by atoms with Crippen molar-refractivity contribution in [2.45, 2.75) is 6.61 Å². The van der Waals surface area contributed by atoms with Gasteiger partial charge in [0.05, 0.1) is 6.21 Å². The summed E-state index contributed by atoms with van der Waals surface area (Å²) in [6.07, 6.45) is 1.38. The van der Waals surface area contributed by atoms with Gasteiger partial charge in [-0.15, -0.1) is 0 Å². The maximum Gasteiger partial charge on any atom is 0.271 e. The van der Waals surface area contributed by atoms with Crippen molar-refractivity contribution in [1.82, 2.24) is 5.43 Å². The van der Waals surface area contributed by atoms with Gasteiger partial charge in [0, 0.05) is 20.6 Å². The lowest BCUT2D eigenvalue weighted by Gasteiger charge is -2.07. The highest BCUT2D eigenvalue weighted by molar-refractivity contribution is 9.10. The van der Waals surface area contributed by atoms with E-state index >= 15 is 0 Å². The number of benzene rings is 3. The van der Waals surface area contributed by atoms with Crippen LogP contribution in [-0.2, 0) is 6.61 Å². The normalized spacial score (nSPS) is 10.8. The first-order chi connectivity index (χ1) is 13.5. The molecule has 0 spiro atoms. The lowest BCUT2D eigenvalue weighted by Crippen LogP contribution is -2.17. The average Bonchev–Trinajstić information content (AvgIpc) is 2.70. The highest BCUT2D eigenvalue weighted by atomic mass is 79.9. The average molecular weight is 460 g/mol.